The largest absolute Gasteiger partial charge is 0.508 e. The number of benzene rings is 2. The summed E-state index contributed by atoms with van der Waals surface area (Å²) < 4.78 is 87.0. The van der Waals surface area contributed by atoms with Gasteiger partial charge in [-0.2, -0.15) is 26.3 Å². The summed E-state index contributed by atoms with van der Waals surface area (Å²) in [7, 11) is -1.36. The van der Waals surface area contributed by atoms with Crippen molar-refractivity contribution in [1.29, 1.82) is 0 Å². The zero-order valence-corrected chi connectivity index (χ0v) is 23.3. The summed E-state index contributed by atoms with van der Waals surface area (Å²) in [5.74, 6) is -4.98. The lowest BCUT2D eigenvalue weighted by molar-refractivity contribution is -0.143. The normalized spacial score (nSPS) is 24.6. The van der Waals surface area contributed by atoms with Gasteiger partial charge in [-0.25, -0.2) is 4.90 Å². The van der Waals surface area contributed by atoms with Crippen molar-refractivity contribution in [3.05, 3.63) is 75.9 Å². The molecule has 5 rings (SSSR count). The summed E-state index contributed by atoms with van der Waals surface area (Å²) in [6, 6.07) is 7.12. The summed E-state index contributed by atoms with van der Waals surface area (Å²) in [4.78, 5) is 27.6. The SMILES string of the molecule is C/C(=C\c1ccc(O)cc1)CC[C@H]1OB(O)C[C@H]2C1=C(CO)C[C@H]1C(=O)N(c3cc(C(F)(F)F)cc(C(F)(F)F)c3)C(=O)[C@H]12. The second kappa shape index (κ2) is 11.7. The number of hydrogen-bond acceptors (Lipinski definition) is 6. The fourth-order valence-corrected chi connectivity index (χ4v) is 6.52. The molecule has 0 bridgehead atoms. The summed E-state index contributed by atoms with van der Waals surface area (Å²) in [6.07, 6.45) is -8.75. The van der Waals surface area contributed by atoms with E-state index in [1.165, 1.54) is 12.1 Å². The summed E-state index contributed by atoms with van der Waals surface area (Å²) in [5.41, 5.74) is -1.52. The first-order chi connectivity index (χ1) is 20.6. The van der Waals surface area contributed by atoms with Gasteiger partial charge in [0.2, 0.25) is 11.8 Å². The number of amides is 2. The summed E-state index contributed by atoms with van der Waals surface area (Å²) >= 11 is 0. The molecule has 0 spiro atoms. The number of nitrogens with zero attached hydrogens (tertiary/aromatic N) is 1. The average Bonchev–Trinajstić information content (AvgIpc) is 3.20. The molecule has 14 heteroatoms. The molecule has 2 saturated heterocycles. The van der Waals surface area contributed by atoms with Crippen molar-refractivity contribution in [2.75, 3.05) is 11.5 Å². The molecule has 3 N–H and O–H groups in total. The Bertz CT molecular complexity index is 1490. The van der Waals surface area contributed by atoms with Crippen LogP contribution in [0.1, 0.15) is 42.9 Å². The maximum absolute atomic E-state index is 13.7. The van der Waals surface area contributed by atoms with Gasteiger partial charge in [-0.05, 0) is 85.5 Å². The van der Waals surface area contributed by atoms with E-state index in [2.05, 4.69) is 0 Å². The van der Waals surface area contributed by atoms with Gasteiger partial charge >= 0.3 is 19.5 Å². The van der Waals surface area contributed by atoms with Crippen molar-refractivity contribution in [2.45, 2.75) is 51.0 Å². The van der Waals surface area contributed by atoms with Crippen molar-refractivity contribution < 1.29 is 55.8 Å². The highest BCUT2D eigenvalue weighted by Gasteiger charge is 2.58. The number of carbonyl (C=O) groups excluding carboxylic acids is 2. The van der Waals surface area contributed by atoms with Crippen molar-refractivity contribution >= 4 is 30.7 Å². The number of alkyl halides is 6. The highest BCUT2D eigenvalue weighted by Crippen LogP contribution is 2.52. The third-order valence-electron chi connectivity index (χ3n) is 8.44. The van der Waals surface area contributed by atoms with E-state index in [-0.39, 0.29) is 24.6 Å². The molecule has 0 unspecified atom stereocenters. The number of allylic oxidation sites excluding steroid dienone is 1. The number of rotatable bonds is 6. The Morgan fingerprint density at radius 1 is 1.00 bits per heavy atom. The van der Waals surface area contributed by atoms with Crippen LogP contribution < -0.4 is 4.90 Å². The molecule has 3 aliphatic rings. The molecule has 2 heterocycles. The molecule has 1 aliphatic carbocycles. The number of carbonyl (C=O) groups is 2. The molecule has 2 fully saturated rings. The summed E-state index contributed by atoms with van der Waals surface area (Å²) in [5, 5.41) is 30.3. The predicted octanol–water partition coefficient (Wildman–Crippen LogP) is 5.61. The number of phenols is 1. The van der Waals surface area contributed by atoms with Crippen LogP contribution in [0.25, 0.3) is 6.08 Å². The third kappa shape index (κ3) is 6.15. The lowest BCUT2D eigenvalue weighted by atomic mass is 9.58. The minimum atomic E-state index is -5.18. The van der Waals surface area contributed by atoms with Gasteiger partial charge in [-0.1, -0.05) is 23.8 Å². The first-order valence-corrected chi connectivity index (χ1v) is 13.9. The number of hydrogen-bond donors (Lipinski definition) is 3. The van der Waals surface area contributed by atoms with Gasteiger partial charge in [0.1, 0.15) is 5.75 Å². The summed E-state index contributed by atoms with van der Waals surface area (Å²) in [6.45, 7) is 1.35. The number of imide groups is 1. The van der Waals surface area contributed by atoms with Crippen molar-refractivity contribution in [3.63, 3.8) is 0 Å². The van der Waals surface area contributed by atoms with Crippen molar-refractivity contribution in [2.24, 2.45) is 17.8 Å². The Labute approximate surface area is 248 Å². The molecule has 0 aromatic heterocycles. The maximum Gasteiger partial charge on any atom is 0.455 e. The first-order valence-electron chi connectivity index (χ1n) is 13.9. The Morgan fingerprint density at radius 2 is 1.61 bits per heavy atom. The Morgan fingerprint density at radius 3 is 2.18 bits per heavy atom. The fraction of sp³-hybridized carbons (Fsp3) is 0.400. The zero-order chi connectivity index (χ0) is 32.1. The maximum atomic E-state index is 13.7. The van der Waals surface area contributed by atoms with Crippen LogP contribution in [-0.4, -0.2) is 46.9 Å². The molecular formula is C30H28BF6NO6. The van der Waals surface area contributed by atoms with Crippen LogP contribution in [0.3, 0.4) is 0 Å². The number of halogens is 6. The van der Waals surface area contributed by atoms with Gasteiger partial charge in [-0.3, -0.25) is 9.59 Å². The number of phenolic OH excluding ortho intramolecular Hbond substituents is 1. The predicted molar refractivity (Wildman–Crippen MR) is 147 cm³/mol. The number of aromatic hydroxyl groups is 1. The standard InChI is InChI=1S/C30H28BF6NO6/c1-15(8-16-3-5-21(40)6-4-16)2-7-24-25-17(14-39)9-22-26(23(25)13-31(43)44-24)28(42)38(27(22)41)20-11-18(29(32,33)34)10-19(12-20)30(35,36)37/h3-6,8,10-12,22-24,26,39-40,43H,2,7,9,13-14H2,1H3/b15-8+/t22-,23+,24-,26-/m1/s1. The Kier molecular flexibility index (Phi) is 8.47. The zero-order valence-electron chi connectivity index (χ0n) is 23.3. The average molecular weight is 623 g/mol. The van der Waals surface area contributed by atoms with E-state index in [0.29, 0.717) is 41.0 Å². The second-order valence-electron chi connectivity index (χ2n) is 11.4. The molecule has 0 saturated carbocycles. The van der Waals surface area contributed by atoms with E-state index in [4.69, 9.17) is 4.65 Å². The minimum Gasteiger partial charge on any atom is -0.508 e. The Hall–Kier alpha value is -3.62. The highest BCUT2D eigenvalue weighted by molar-refractivity contribution is 6.43. The molecule has 7 nitrogen and oxygen atoms in total. The van der Waals surface area contributed by atoms with Crippen LogP contribution in [0, 0.1) is 17.8 Å². The van der Waals surface area contributed by atoms with Gasteiger partial charge in [0.05, 0.1) is 41.4 Å². The van der Waals surface area contributed by atoms with Crippen molar-refractivity contribution in [1.82, 2.24) is 0 Å². The molecular weight excluding hydrogens is 595 g/mol. The molecule has 2 aromatic rings. The van der Waals surface area contributed by atoms with Crippen LogP contribution in [0.15, 0.2) is 59.2 Å². The molecule has 2 aliphatic heterocycles. The van der Waals surface area contributed by atoms with E-state index in [0.717, 1.165) is 11.1 Å². The van der Waals surface area contributed by atoms with Gasteiger partial charge in [-0.15, -0.1) is 0 Å². The van der Waals surface area contributed by atoms with E-state index in [1.807, 2.05) is 13.0 Å². The quantitative estimate of drug-likeness (QED) is 0.167. The monoisotopic (exact) mass is 623 g/mol. The van der Waals surface area contributed by atoms with E-state index >= 15 is 0 Å². The molecule has 44 heavy (non-hydrogen) atoms. The second-order valence-corrected chi connectivity index (χ2v) is 11.4. The molecule has 234 valence electrons. The number of anilines is 1. The molecule has 0 radical (unpaired) electrons. The van der Waals surface area contributed by atoms with Gasteiger partial charge in [0, 0.05) is 0 Å². The van der Waals surface area contributed by atoms with Crippen LogP contribution >= 0.6 is 0 Å². The van der Waals surface area contributed by atoms with Crippen LogP contribution in [-0.2, 0) is 26.6 Å². The van der Waals surface area contributed by atoms with Gasteiger partial charge in [0.25, 0.3) is 0 Å². The fourth-order valence-electron chi connectivity index (χ4n) is 6.52. The topological polar surface area (TPSA) is 107 Å². The molecule has 4 atom stereocenters. The lowest BCUT2D eigenvalue weighted by Gasteiger charge is -2.42. The molecule has 2 amide bonds. The lowest BCUT2D eigenvalue weighted by Crippen LogP contribution is -2.46. The third-order valence-corrected chi connectivity index (χ3v) is 8.44. The van der Waals surface area contributed by atoms with Crippen LogP contribution in [0.5, 0.6) is 5.75 Å². The number of fused-ring (bicyclic) bond motifs is 3. The number of aliphatic hydroxyl groups excluding tert-OH is 1. The number of aliphatic hydroxyl groups is 1. The van der Waals surface area contributed by atoms with E-state index in [9.17, 15) is 51.2 Å². The van der Waals surface area contributed by atoms with Crippen molar-refractivity contribution in [3.8, 4) is 5.75 Å². The van der Waals surface area contributed by atoms with Gasteiger partial charge < -0.3 is 19.9 Å². The molecule has 2 aromatic carbocycles. The smallest absolute Gasteiger partial charge is 0.455 e. The van der Waals surface area contributed by atoms with E-state index in [1.54, 1.807) is 12.1 Å². The highest BCUT2D eigenvalue weighted by atomic mass is 19.4. The van der Waals surface area contributed by atoms with Crippen LogP contribution in [0.4, 0.5) is 32.0 Å². The minimum absolute atomic E-state index is 0.0807. The van der Waals surface area contributed by atoms with Crippen LogP contribution in [0.2, 0.25) is 6.32 Å². The first kappa shape index (κ1) is 31.8. The van der Waals surface area contributed by atoms with E-state index < -0.39 is 78.6 Å². The van der Waals surface area contributed by atoms with Gasteiger partial charge in [0.15, 0.2) is 0 Å². The Balaban J connectivity index is 1.46.